The lowest BCUT2D eigenvalue weighted by atomic mass is 10.3. The van der Waals surface area contributed by atoms with E-state index in [0.717, 1.165) is 0 Å². The lowest BCUT2D eigenvalue weighted by Crippen LogP contribution is -2.28. The third kappa shape index (κ3) is 7.52. The number of amides is 1. The second kappa shape index (κ2) is 6.34. The summed E-state index contributed by atoms with van der Waals surface area (Å²) >= 11 is 5.28. The number of rotatable bonds is 5. The number of nitrogens with one attached hydrogen (secondary N) is 1. The molecule has 0 heterocycles. The predicted molar refractivity (Wildman–Crippen MR) is 39.0 cm³/mol. The van der Waals surface area contributed by atoms with Crippen LogP contribution in [0.1, 0.15) is 12.8 Å². The Bertz CT molecular complexity index is 121. The van der Waals surface area contributed by atoms with E-state index in [4.69, 9.17) is 11.6 Å². The highest BCUT2D eigenvalue weighted by Crippen LogP contribution is 1.93. The second-order valence-corrected chi connectivity index (χ2v) is 2.37. The van der Waals surface area contributed by atoms with Gasteiger partial charge in [-0.2, -0.15) is 0 Å². The summed E-state index contributed by atoms with van der Waals surface area (Å²) in [6, 6.07) is 0. The number of alkyl halides is 3. The van der Waals surface area contributed by atoms with Gasteiger partial charge in [0.1, 0.15) is 0 Å². The van der Waals surface area contributed by atoms with Crippen LogP contribution in [0.3, 0.4) is 0 Å². The van der Waals surface area contributed by atoms with Crippen LogP contribution in [-0.4, -0.2) is 24.8 Å². The van der Waals surface area contributed by atoms with Gasteiger partial charge in [0.2, 0.25) is 5.91 Å². The van der Waals surface area contributed by atoms with E-state index in [-0.39, 0.29) is 12.3 Å². The molecule has 0 radical (unpaired) electrons. The minimum atomic E-state index is -2.48. The largest absolute Gasteiger partial charge is 0.350 e. The van der Waals surface area contributed by atoms with E-state index < -0.39 is 13.0 Å². The minimum Gasteiger partial charge on any atom is -0.350 e. The van der Waals surface area contributed by atoms with E-state index in [2.05, 4.69) is 5.32 Å². The Labute approximate surface area is 68.9 Å². The van der Waals surface area contributed by atoms with E-state index in [1.165, 1.54) is 0 Å². The van der Waals surface area contributed by atoms with Crippen molar-refractivity contribution >= 4 is 17.5 Å². The molecule has 0 aromatic heterocycles. The van der Waals surface area contributed by atoms with Crippen molar-refractivity contribution in [3.8, 4) is 0 Å². The van der Waals surface area contributed by atoms with E-state index >= 15 is 0 Å². The van der Waals surface area contributed by atoms with E-state index in [0.29, 0.717) is 12.3 Å². The molecule has 0 spiro atoms. The van der Waals surface area contributed by atoms with Crippen molar-refractivity contribution in [1.29, 1.82) is 0 Å². The summed E-state index contributed by atoms with van der Waals surface area (Å²) in [5, 5.41) is 2.07. The van der Waals surface area contributed by atoms with Crippen molar-refractivity contribution in [2.45, 2.75) is 19.3 Å². The van der Waals surface area contributed by atoms with Crippen LogP contribution in [0.2, 0.25) is 0 Å². The van der Waals surface area contributed by atoms with Gasteiger partial charge in [0.05, 0.1) is 6.54 Å². The summed E-state index contributed by atoms with van der Waals surface area (Å²) in [5.74, 6) is 0.00759. The highest BCUT2D eigenvalue weighted by atomic mass is 35.5. The van der Waals surface area contributed by atoms with Gasteiger partial charge in [-0.3, -0.25) is 4.79 Å². The fourth-order valence-electron chi connectivity index (χ4n) is 0.507. The van der Waals surface area contributed by atoms with Gasteiger partial charge in [-0.25, -0.2) is 8.78 Å². The van der Waals surface area contributed by atoms with Gasteiger partial charge in [0.25, 0.3) is 6.43 Å². The molecule has 0 unspecified atom stereocenters. The maximum Gasteiger partial charge on any atom is 0.255 e. The van der Waals surface area contributed by atoms with Crippen molar-refractivity contribution in [3.63, 3.8) is 0 Å². The molecule has 2 nitrogen and oxygen atoms in total. The maximum atomic E-state index is 11.5. The van der Waals surface area contributed by atoms with Crippen molar-refractivity contribution < 1.29 is 13.6 Å². The Balaban J connectivity index is 3.23. The zero-order valence-corrected chi connectivity index (χ0v) is 6.70. The molecule has 1 N–H and O–H groups in total. The molecule has 0 aliphatic carbocycles. The number of halogens is 3. The average molecular weight is 186 g/mol. The first kappa shape index (κ1) is 10.6. The van der Waals surface area contributed by atoms with E-state index in [9.17, 15) is 13.6 Å². The summed E-state index contributed by atoms with van der Waals surface area (Å²) in [6.07, 6.45) is -1.73. The summed E-state index contributed by atoms with van der Waals surface area (Å²) in [7, 11) is 0. The molecule has 0 fully saturated rings. The molecule has 1 amide bonds. The Kier molecular flexibility index (Phi) is 6.12. The van der Waals surface area contributed by atoms with Crippen LogP contribution in [0.15, 0.2) is 0 Å². The van der Waals surface area contributed by atoms with Crippen LogP contribution in [0.5, 0.6) is 0 Å². The number of hydrogen-bond acceptors (Lipinski definition) is 1. The van der Waals surface area contributed by atoms with Crippen LogP contribution >= 0.6 is 11.6 Å². The second-order valence-electron chi connectivity index (χ2n) is 1.99. The highest BCUT2D eigenvalue weighted by Gasteiger charge is 2.04. The minimum absolute atomic E-state index is 0.218. The van der Waals surface area contributed by atoms with Gasteiger partial charge >= 0.3 is 0 Å². The molecule has 0 aliphatic rings. The molecule has 11 heavy (non-hydrogen) atoms. The van der Waals surface area contributed by atoms with Gasteiger partial charge in [-0.15, -0.1) is 11.6 Å². The first-order valence-electron chi connectivity index (χ1n) is 3.27. The summed E-state index contributed by atoms with van der Waals surface area (Å²) in [6.45, 7) is -0.568. The molecule has 0 aromatic rings. The Morgan fingerprint density at radius 1 is 1.55 bits per heavy atom. The Morgan fingerprint density at radius 3 is 2.64 bits per heavy atom. The van der Waals surface area contributed by atoms with Gasteiger partial charge in [0, 0.05) is 12.3 Å². The molecule has 0 aromatic carbocycles. The zero-order valence-electron chi connectivity index (χ0n) is 5.95. The van der Waals surface area contributed by atoms with Crippen LogP contribution < -0.4 is 5.32 Å². The molecule has 0 atom stereocenters. The number of hydrogen-bond donors (Lipinski definition) is 1. The topological polar surface area (TPSA) is 29.1 Å². The molecule has 0 aliphatic heterocycles. The average Bonchev–Trinajstić information content (AvgIpc) is 1.97. The molecule has 0 rings (SSSR count). The summed E-state index contributed by atoms with van der Waals surface area (Å²) in [5.41, 5.74) is 0. The van der Waals surface area contributed by atoms with Crippen LogP contribution in [0.4, 0.5) is 8.78 Å². The SMILES string of the molecule is O=C(CCCCl)NCC(F)F. The predicted octanol–water partition coefficient (Wildman–Crippen LogP) is 1.39. The third-order valence-electron chi connectivity index (χ3n) is 0.991. The summed E-state index contributed by atoms with van der Waals surface area (Å²) < 4.78 is 23.0. The molecule has 0 bridgehead atoms. The lowest BCUT2D eigenvalue weighted by Gasteiger charge is -2.01. The normalized spacial score (nSPS) is 10.2. The fraction of sp³-hybridized carbons (Fsp3) is 0.833. The highest BCUT2D eigenvalue weighted by molar-refractivity contribution is 6.17. The van der Waals surface area contributed by atoms with Gasteiger partial charge < -0.3 is 5.32 Å². The molecule has 66 valence electrons. The monoisotopic (exact) mass is 185 g/mol. The van der Waals surface area contributed by atoms with Crippen molar-refractivity contribution in [1.82, 2.24) is 5.32 Å². The standard InChI is InChI=1S/C6H10ClF2NO/c7-3-1-2-6(11)10-4-5(8)9/h5H,1-4H2,(H,10,11). The van der Waals surface area contributed by atoms with Crippen molar-refractivity contribution in [3.05, 3.63) is 0 Å². The number of carbonyl (C=O) groups excluding carboxylic acids is 1. The molecule has 5 heteroatoms. The first-order valence-corrected chi connectivity index (χ1v) is 3.81. The maximum absolute atomic E-state index is 11.5. The fourth-order valence-corrected chi connectivity index (χ4v) is 0.640. The van der Waals surface area contributed by atoms with Gasteiger partial charge in [0.15, 0.2) is 0 Å². The smallest absolute Gasteiger partial charge is 0.255 e. The van der Waals surface area contributed by atoms with Crippen LogP contribution in [-0.2, 0) is 4.79 Å². The van der Waals surface area contributed by atoms with Gasteiger partial charge in [-0.1, -0.05) is 0 Å². The lowest BCUT2D eigenvalue weighted by molar-refractivity contribution is -0.121. The first-order chi connectivity index (χ1) is 5.16. The van der Waals surface area contributed by atoms with Crippen LogP contribution in [0, 0.1) is 0 Å². The molecular formula is C6H10ClF2NO. The zero-order chi connectivity index (χ0) is 8.69. The molecule has 0 saturated carbocycles. The Hall–Kier alpha value is -0.380. The van der Waals surface area contributed by atoms with E-state index in [1.807, 2.05) is 0 Å². The quantitative estimate of drug-likeness (QED) is 0.645. The number of carbonyl (C=O) groups is 1. The molecular weight excluding hydrogens is 176 g/mol. The van der Waals surface area contributed by atoms with Crippen molar-refractivity contribution in [2.75, 3.05) is 12.4 Å². The Morgan fingerprint density at radius 2 is 2.18 bits per heavy atom. The molecule has 0 saturated heterocycles. The van der Waals surface area contributed by atoms with Gasteiger partial charge in [-0.05, 0) is 6.42 Å². The van der Waals surface area contributed by atoms with E-state index in [1.54, 1.807) is 0 Å². The summed E-state index contributed by atoms with van der Waals surface area (Å²) in [4.78, 5) is 10.6. The third-order valence-corrected chi connectivity index (χ3v) is 1.26. The van der Waals surface area contributed by atoms with Crippen LogP contribution in [0.25, 0.3) is 0 Å². The van der Waals surface area contributed by atoms with Crippen molar-refractivity contribution in [2.24, 2.45) is 0 Å².